The number of diazo groups is 1. The van der Waals surface area contributed by atoms with Crippen molar-refractivity contribution in [2.24, 2.45) is 0 Å². The average molecular weight is 144 g/mol. The minimum absolute atomic E-state index is 0.0964. The van der Waals surface area contributed by atoms with Crippen molar-refractivity contribution in [2.75, 3.05) is 6.54 Å². The van der Waals surface area contributed by atoms with Gasteiger partial charge < -0.3 is 0 Å². The molecule has 0 aromatic carbocycles. The molecule has 0 aliphatic heterocycles. The topological polar surface area (TPSA) is 71.3 Å². The number of nitrogens with zero attached hydrogens (tertiary/aromatic N) is 3. The van der Waals surface area contributed by atoms with Crippen molar-refractivity contribution in [3.8, 4) is 0 Å². The van der Waals surface area contributed by atoms with Crippen LogP contribution in [-0.4, -0.2) is 17.5 Å². The molecule has 0 amide bonds. The maximum absolute atomic E-state index is 10.1. The molecule has 0 saturated heterocycles. The Kier molecular flexibility index (Phi) is 4.12. The molecule has 0 aromatic rings. The number of rotatable bonds is 4. The molecule has 0 fully saturated rings. The third-order valence-electron chi connectivity index (χ3n) is 1.21. The van der Waals surface area contributed by atoms with Crippen LogP contribution in [-0.2, 0) is 0 Å². The molecule has 0 aromatic heterocycles. The third kappa shape index (κ3) is 2.97. The first-order valence-electron chi connectivity index (χ1n) is 3.16. The molecule has 5 heteroatoms. The minimum Gasteiger partial charge on any atom is -0.264 e. The van der Waals surface area contributed by atoms with Crippen molar-refractivity contribution in [3.63, 3.8) is 0 Å². The molecule has 0 aliphatic rings. The van der Waals surface area contributed by atoms with Gasteiger partial charge in [0, 0.05) is 11.3 Å². The summed E-state index contributed by atoms with van der Waals surface area (Å²) < 4.78 is 0. The lowest BCUT2D eigenvalue weighted by atomic mass is 10.2. The zero-order chi connectivity index (χ0) is 7.98. The van der Waals surface area contributed by atoms with Crippen LogP contribution in [0.15, 0.2) is 0 Å². The highest BCUT2D eigenvalue weighted by Crippen LogP contribution is 2.00. The van der Waals surface area contributed by atoms with Crippen molar-refractivity contribution in [1.29, 1.82) is 5.39 Å². The fourth-order valence-electron chi connectivity index (χ4n) is 0.691. The van der Waals surface area contributed by atoms with Gasteiger partial charge >= 0.3 is 6.54 Å². The lowest BCUT2D eigenvalue weighted by Crippen LogP contribution is -2.21. The molecule has 1 atom stereocenters. The molecule has 5 nitrogen and oxygen atoms in total. The van der Waals surface area contributed by atoms with Gasteiger partial charge in [-0.3, -0.25) is 10.1 Å². The van der Waals surface area contributed by atoms with Gasteiger partial charge in [-0.2, -0.15) is 0 Å². The third-order valence-corrected chi connectivity index (χ3v) is 1.21. The van der Waals surface area contributed by atoms with Crippen LogP contribution in [0.2, 0.25) is 0 Å². The van der Waals surface area contributed by atoms with E-state index < -0.39 is 11.0 Å². The summed E-state index contributed by atoms with van der Waals surface area (Å²) in [5.74, 6) is 0. The monoisotopic (exact) mass is 144 g/mol. The van der Waals surface area contributed by atoms with Crippen molar-refractivity contribution in [2.45, 2.75) is 25.8 Å². The quantitative estimate of drug-likeness (QED) is 0.339. The highest BCUT2D eigenvalue weighted by Gasteiger charge is 2.25. The van der Waals surface area contributed by atoms with E-state index in [9.17, 15) is 10.1 Å². The summed E-state index contributed by atoms with van der Waals surface area (Å²) in [5, 5.41) is 18.1. The van der Waals surface area contributed by atoms with Crippen LogP contribution in [0.3, 0.4) is 0 Å². The molecule has 0 heterocycles. The fraction of sp³-hybridized carbons (Fsp3) is 1.00. The van der Waals surface area contributed by atoms with Gasteiger partial charge in [-0.1, -0.05) is 6.92 Å². The highest BCUT2D eigenvalue weighted by atomic mass is 16.6. The Morgan fingerprint density at radius 1 is 1.80 bits per heavy atom. The van der Waals surface area contributed by atoms with Crippen LogP contribution >= 0.6 is 0 Å². The van der Waals surface area contributed by atoms with Crippen LogP contribution in [0.5, 0.6) is 0 Å². The fourth-order valence-corrected chi connectivity index (χ4v) is 0.691. The van der Waals surface area contributed by atoms with E-state index in [0.717, 1.165) is 6.42 Å². The van der Waals surface area contributed by atoms with E-state index >= 15 is 0 Å². The summed E-state index contributed by atoms with van der Waals surface area (Å²) in [7, 11) is 0. The average Bonchev–Trinajstić information content (AvgIpc) is 1.87. The van der Waals surface area contributed by atoms with Crippen molar-refractivity contribution in [3.05, 3.63) is 15.1 Å². The highest BCUT2D eigenvalue weighted by molar-refractivity contribution is 4.65. The van der Waals surface area contributed by atoms with Crippen LogP contribution in [0.1, 0.15) is 19.8 Å². The molecule has 0 aliphatic carbocycles. The van der Waals surface area contributed by atoms with Gasteiger partial charge in [0.15, 0.2) is 0 Å². The van der Waals surface area contributed by atoms with Crippen molar-refractivity contribution >= 4 is 0 Å². The summed E-state index contributed by atoms with van der Waals surface area (Å²) in [6.07, 6.45) is 1.21. The first-order chi connectivity index (χ1) is 4.72. The molecule has 10 heavy (non-hydrogen) atoms. The number of hydrogen-bond acceptors (Lipinski definition) is 3. The van der Waals surface area contributed by atoms with Crippen LogP contribution < -0.4 is 0 Å². The molecule has 0 saturated carbocycles. The first kappa shape index (κ1) is 8.82. The first-order valence-corrected chi connectivity index (χ1v) is 3.16. The molecule has 0 N–H and O–H groups in total. The van der Waals surface area contributed by atoms with Crippen molar-refractivity contribution in [1.82, 2.24) is 0 Å². The van der Waals surface area contributed by atoms with Crippen LogP contribution in [0, 0.1) is 15.5 Å². The van der Waals surface area contributed by atoms with Gasteiger partial charge in [0.25, 0.3) is 6.04 Å². The van der Waals surface area contributed by atoms with E-state index in [-0.39, 0.29) is 6.54 Å². The zero-order valence-electron chi connectivity index (χ0n) is 5.86. The Morgan fingerprint density at radius 2 is 2.40 bits per heavy atom. The second-order valence-electron chi connectivity index (χ2n) is 2.05. The van der Waals surface area contributed by atoms with E-state index in [1.165, 1.54) is 0 Å². The van der Waals surface area contributed by atoms with Gasteiger partial charge in [-0.25, -0.2) is 0 Å². The molecule has 1 unspecified atom stereocenters. The summed E-state index contributed by atoms with van der Waals surface area (Å²) in [4.78, 5) is 12.4. The second kappa shape index (κ2) is 4.68. The van der Waals surface area contributed by atoms with E-state index in [0.29, 0.717) is 6.42 Å². The van der Waals surface area contributed by atoms with E-state index in [1.54, 1.807) is 0 Å². The summed E-state index contributed by atoms with van der Waals surface area (Å²) >= 11 is 0. The predicted molar refractivity (Wildman–Crippen MR) is 35.6 cm³/mol. The lowest BCUT2D eigenvalue weighted by molar-refractivity contribution is -0.519. The Balaban J connectivity index is 3.75. The largest absolute Gasteiger partial charge is 0.371 e. The Bertz CT molecular complexity index is 151. The zero-order valence-corrected chi connectivity index (χ0v) is 5.86. The SMILES string of the molecule is CCCC(C[N+]#N)[N+](=O)[O-]. The Labute approximate surface area is 58.8 Å². The normalized spacial score (nSPS) is 12.0. The molecular weight excluding hydrogens is 134 g/mol. The molecule has 0 radical (unpaired) electrons. The van der Waals surface area contributed by atoms with Crippen LogP contribution in [0.4, 0.5) is 0 Å². The summed E-state index contributed by atoms with van der Waals surface area (Å²) in [6.45, 7) is 1.76. The molecule has 56 valence electrons. The standard InChI is InChI=1S/C5H10N3O2/c1-2-3-5(4-7-6)8(9)10/h5H,2-4H2,1H3/q+1. The maximum Gasteiger partial charge on any atom is 0.371 e. The molecule has 0 spiro atoms. The van der Waals surface area contributed by atoms with Gasteiger partial charge in [-0.15, -0.1) is 0 Å². The lowest BCUT2D eigenvalue weighted by Gasteiger charge is -1.96. The Morgan fingerprint density at radius 3 is 2.70 bits per heavy atom. The molecule has 0 rings (SSSR count). The summed E-state index contributed by atoms with van der Waals surface area (Å²) in [5.41, 5.74) is 0. The smallest absolute Gasteiger partial charge is 0.264 e. The number of nitro groups is 1. The predicted octanol–water partition coefficient (Wildman–Crippen LogP) is 1.28. The van der Waals surface area contributed by atoms with E-state index in [1.807, 2.05) is 6.92 Å². The molecular formula is C5H10N3O2+. The van der Waals surface area contributed by atoms with Gasteiger partial charge in [0.2, 0.25) is 5.39 Å². The van der Waals surface area contributed by atoms with Gasteiger partial charge in [0.05, 0.1) is 0 Å². The van der Waals surface area contributed by atoms with E-state index in [2.05, 4.69) is 4.98 Å². The van der Waals surface area contributed by atoms with E-state index in [4.69, 9.17) is 5.39 Å². The van der Waals surface area contributed by atoms with Crippen LogP contribution in [0.25, 0.3) is 4.98 Å². The van der Waals surface area contributed by atoms with Gasteiger partial charge in [0.1, 0.15) is 4.98 Å². The Hall–Kier alpha value is -1.18. The molecule has 0 bridgehead atoms. The summed E-state index contributed by atoms with van der Waals surface area (Å²) in [6, 6.07) is -0.713. The maximum atomic E-state index is 10.1. The number of hydrogen-bond donors (Lipinski definition) is 0. The minimum atomic E-state index is -0.713. The van der Waals surface area contributed by atoms with Gasteiger partial charge in [-0.05, 0) is 6.42 Å². The second-order valence-corrected chi connectivity index (χ2v) is 2.05. The van der Waals surface area contributed by atoms with Crippen molar-refractivity contribution < 1.29 is 4.92 Å².